The highest BCUT2D eigenvalue weighted by Crippen LogP contribution is 2.27. The zero-order chi connectivity index (χ0) is 22.5. The predicted molar refractivity (Wildman–Crippen MR) is 111 cm³/mol. The van der Waals surface area contributed by atoms with Gasteiger partial charge in [-0.1, -0.05) is 25.4 Å². The van der Waals surface area contributed by atoms with E-state index in [2.05, 4.69) is 15.6 Å². The molecule has 30 heavy (non-hydrogen) atoms. The molecule has 0 saturated carbocycles. The van der Waals surface area contributed by atoms with Crippen molar-refractivity contribution in [2.45, 2.75) is 39.7 Å². The molecule has 2 rings (SSSR count). The summed E-state index contributed by atoms with van der Waals surface area (Å²) < 4.78 is 30.9. The lowest BCUT2D eigenvalue weighted by atomic mass is 10.1. The van der Waals surface area contributed by atoms with Gasteiger partial charge in [-0.05, 0) is 42.8 Å². The summed E-state index contributed by atoms with van der Waals surface area (Å²) >= 11 is 6.05. The smallest absolute Gasteiger partial charge is 0.278 e. The molecular weight excluding hydrogens is 416 g/mol. The first-order valence-electron chi connectivity index (χ1n) is 9.34. The van der Waals surface area contributed by atoms with Gasteiger partial charge < -0.3 is 15.4 Å². The summed E-state index contributed by atoms with van der Waals surface area (Å²) in [5.41, 5.74) is 0.999. The Bertz CT molecular complexity index is 917. The van der Waals surface area contributed by atoms with Crippen molar-refractivity contribution < 1.29 is 23.1 Å². The van der Waals surface area contributed by atoms with E-state index in [1.165, 1.54) is 18.2 Å². The molecule has 0 spiro atoms. The molecule has 1 unspecified atom stereocenters. The second kappa shape index (κ2) is 9.84. The largest absolute Gasteiger partial charge is 0.486 e. The maximum atomic E-state index is 12.9. The van der Waals surface area contributed by atoms with E-state index < -0.39 is 18.4 Å². The first kappa shape index (κ1) is 23.5. The summed E-state index contributed by atoms with van der Waals surface area (Å²) in [4.78, 5) is 28.5. The van der Waals surface area contributed by atoms with E-state index >= 15 is 0 Å². The van der Waals surface area contributed by atoms with Crippen LogP contribution in [-0.4, -0.2) is 29.3 Å². The summed E-state index contributed by atoms with van der Waals surface area (Å²) in [7, 11) is 0. The van der Waals surface area contributed by atoms with E-state index in [-0.39, 0.29) is 34.2 Å². The first-order chi connectivity index (χ1) is 14.0. The number of aromatic nitrogens is 1. The molecule has 1 atom stereocenters. The molecule has 0 radical (unpaired) electrons. The highest BCUT2D eigenvalue weighted by Gasteiger charge is 2.23. The lowest BCUT2D eigenvalue weighted by Gasteiger charge is -2.17. The molecule has 9 heteroatoms. The van der Waals surface area contributed by atoms with Gasteiger partial charge in [0.2, 0.25) is 5.91 Å². The average Bonchev–Trinajstić information content (AvgIpc) is 2.66. The number of hydrogen-bond donors (Lipinski definition) is 2. The number of anilines is 1. The van der Waals surface area contributed by atoms with Gasteiger partial charge >= 0.3 is 0 Å². The monoisotopic (exact) mass is 439 g/mol. The van der Waals surface area contributed by atoms with Gasteiger partial charge in [0.1, 0.15) is 11.6 Å². The molecule has 2 N–H and O–H groups in total. The lowest BCUT2D eigenvalue weighted by Crippen LogP contribution is -2.27. The Hall–Kier alpha value is -2.74. The molecule has 1 aromatic carbocycles. The first-order valence-corrected chi connectivity index (χ1v) is 9.72. The molecule has 2 amide bonds. The molecule has 6 nitrogen and oxygen atoms in total. The topological polar surface area (TPSA) is 80.3 Å². The van der Waals surface area contributed by atoms with Gasteiger partial charge in [-0.2, -0.15) is 0 Å². The van der Waals surface area contributed by atoms with Crippen molar-refractivity contribution in [1.29, 1.82) is 0 Å². The zero-order valence-corrected chi connectivity index (χ0v) is 17.9. The van der Waals surface area contributed by atoms with E-state index in [0.717, 1.165) is 12.5 Å². The third-order valence-corrected chi connectivity index (χ3v) is 4.38. The fourth-order valence-electron chi connectivity index (χ4n) is 2.38. The van der Waals surface area contributed by atoms with Gasteiger partial charge in [0, 0.05) is 24.6 Å². The summed E-state index contributed by atoms with van der Waals surface area (Å²) in [6.07, 6.45) is 1.54. The van der Waals surface area contributed by atoms with E-state index in [9.17, 15) is 18.4 Å². The lowest BCUT2D eigenvalue weighted by molar-refractivity contribution is -0.118. The van der Waals surface area contributed by atoms with Crippen LogP contribution in [0.5, 0.6) is 5.75 Å². The number of nitrogens with one attached hydrogen (secondary N) is 2. The Morgan fingerprint density at radius 1 is 1.20 bits per heavy atom. The summed E-state index contributed by atoms with van der Waals surface area (Å²) in [5.74, 6) is -3.28. The summed E-state index contributed by atoms with van der Waals surface area (Å²) in [5, 5.41) is 5.59. The van der Waals surface area contributed by atoms with Crippen LogP contribution in [0.15, 0.2) is 36.5 Å². The van der Waals surface area contributed by atoms with Crippen molar-refractivity contribution >= 4 is 29.2 Å². The minimum atomic E-state index is -2.99. The van der Waals surface area contributed by atoms with Gasteiger partial charge in [-0.25, -0.2) is 13.8 Å². The Morgan fingerprint density at radius 3 is 2.50 bits per heavy atom. The standard InChI is InChI=1S/C21H24ClF2N3O3/c1-12(2)19(28)27-18-10-14(7-8-25-18)13(3)26-20(29)15-5-6-17(16(22)9-15)30-11-21(4,23)24/h5-10,12-13H,11H2,1-4H3,(H,26,29)(H,25,27,28). The quantitative estimate of drug-likeness (QED) is 0.615. The normalized spacial score (nSPS) is 12.4. The van der Waals surface area contributed by atoms with Crippen molar-refractivity contribution in [2.24, 2.45) is 5.92 Å². The van der Waals surface area contributed by atoms with E-state index in [0.29, 0.717) is 5.82 Å². The van der Waals surface area contributed by atoms with Crippen LogP contribution in [-0.2, 0) is 4.79 Å². The third kappa shape index (κ3) is 6.95. The molecule has 0 aliphatic rings. The fraction of sp³-hybridized carbons (Fsp3) is 0.381. The van der Waals surface area contributed by atoms with Crippen LogP contribution in [0.4, 0.5) is 14.6 Å². The second-order valence-corrected chi connectivity index (χ2v) is 7.72. The number of carbonyl (C=O) groups is 2. The number of halogens is 3. The van der Waals surface area contributed by atoms with E-state index in [1.54, 1.807) is 39.1 Å². The molecule has 0 aliphatic heterocycles. The molecule has 1 heterocycles. The number of hydrogen-bond acceptors (Lipinski definition) is 4. The van der Waals surface area contributed by atoms with Gasteiger partial charge in [-0.3, -0.25) is 9.59 Å². The van der Waals surface area contributed by atoms with Crippen molar-refractivity contribution in [1.82, 2.24) is 10.3 Å². The van der Waals surface area contributed by atoms with Crippen LogP contribution < -0.4 is 15.4 Å². The van der Waals surface area contributed by atoms with Gasteiger partial charge in [-0.15, -0.1) is 0 Å². The maximum absolute atomic E-state index is 12.9. The number of pyridine rings is 1. The van der Waals surface area contributed by atoms with E-state index in [1.807, 2.05) is 0 Å². The number of benzene rings is 1. The van der Waals surface area contributed by atoms with Crippen LogP contribution in [0, 0.1) is 5.92 Å². The van der Waals surface area contributed by atoms with Gasteiger partial charge in [0.05, 0.1) is 11.1 Å². The minimum Gasteiger partial charge on any atom is -0.486 e. The van der Waals surface area contributed by atoms with Gasteiger partial charge in [0.15, 0.2) is 6.61 Å². The van der Waals surface area contributed by atoms with Crippen LogP contribution >= 0.6 is 11.6 Å². The average molecular weight is 440 g/mol. The van der Waals surface area contributed by atoms with Crippen LogP contribution in [0.1, 0.15) is 49.7 Å². The molecular formula is C21H24ClF2N3O3. The molecule has 162 valence electrons. The molecule has 0 bridgehead atoms. The van der Waals surface area contributed by atoms with Crippen molar-refractivity contribution in [3.8, 4) is 5.75 Å². The number of nitrogens with zero attached hydrogens (tertiary/aromatic N) is 1. The Kier molecular flexibility index (Phi) is 7.72. The Balaban J connectivity index is 2.05. The van der Waals surface area contributed by atoms with Crippen LogP contribution in [0.25, 0.3) is 0 Å². The predicted octanol–water partition coefficient (Wildman–Crippen LogP) is 4.85. The fourth-order valence-corrected chi connectivity index (χ4v) is 2.62. The highest BCUT2D eigenvalue weighted by atomic mass is 35.5. The van der Waals surface area contributed by atoms with Gasteiger partial charge in [0.25, 0.3) is 11.8 Å². The van der Waals surface area contributed by atoms with Crippen molar-refractivity contribution in [3.63, 3.8) is 0 Å². The van der Waals surface area contributed by atoms with E-state index in [4.69, 9.17) is 16.3 Å². The maximum Gasteiger partial charge on any atom is 0.278 e. The molecule has 0 saturated heterocycles. The summed E-state index contributed by atoms with van der Waals surface area (Å²) in [6.45, 7) is 5.26. The molecule has 0 fully saturated rings. The zero-order valence-electron chi connectivity index (χ0n) is 17.1. The molecule has 0 aliphatic carbocycles. The second-order valence-electron chi connectivity index (χ2n) is 7.32. The third-order valence-electron chi connectivity index (χ3n) is 4.08. The Morgan fingerprint density at radius 2 is 1.90 bits per heavy atom. The number of amides is 2. The number of ether oxygens (including phenoxy) is 1. The summed E-state index contributed by atoms with van der Waals surface area (Å²) in [6, 6.07) is 7.19. The molecule has 1 aromatic heterocycles. The Labute approximate surface area is 179 Å². The SMILES string of the molecule is CC(C)C(=O)Nc1cc(C(C)NC(=O)c2ccc(OCC(C)(F)F)c(Cl)c2)ccn1. The minimum absolute atomic E-state index is 0.0575. The molecule has 2 aromatic rings. The number of rotatable bonds is 8. The van der Waals surface area contributed by atoms with Crippen LogP contribution in [0.2, 0.25) is 5.02 Å². The number of carbonyl (C=O) groups excluding carboxylic acids is 2. The number of alkyl halides is 2. The highest BCUT2D eigenvalue weighted by molar-refractivity contribution is 6.32. The van der Waals surface area contributed by atoms with Crippen molar-refractivity contribution in [2.75, 3.05) is 11.9 Å². The van der Waals surface area contributed by atoms with Crippen molar-refractivity contribution in [3.05, 3.63) is 52.7 Å². The van der Waals surface area contributed by atoms with Crippen LogP contribution in [0.3, 0.4) is 0 Å².